The standard InChI is InChI=1S/C13H19BrN2O2/c1-18-9-10-11(14)5-4-6-12(10)16-13(17)7-2-3-8-15/h4-6H,2-3,7-9,15H2,1H3,(H,16,17). The molecule has 0 atom stereocenters. The van der Waals surface area contributed by atoms with E-state index in [9.17, 15) is 4.79 Å². The minimum Gasteiger partial charge on any atom is -0.380 e. The SMILES string of the molecule is COCc1c(Br)cccc1NC(=O)CCCCN. The van der Waals surface area contributed by atoms with Crippen LogP contribution in [0.4, 0.5) is 5.69 Å². The lowest BCUT2D eigenvalue weighted by molar-refractivity contribution is -0.116. The number of anilines is 1. The summed E-state index contributed by atoms with van der Waals surface area (Å²) in [5, 5.41) is 2.91. The predicted octanol–water partition coefficient (Wildman–Crippen LogP) is 2.66. The molecule has 0 bridgehead atoms. The van der Waals surface area contributed by atoms with E-state index in [0.29, 0.717) is 19.6 Å². The van der Waals surface area contributed by atoms with Crippen LogP contribution >= 0.6 is 15.9 Å². The van der Waals surface area contributed by atoms with Crippen LogP contribution in [0.5, 0.6) is 0 Å². The largest absolute Gasteiger partial charge is 0.380 e. The van der Waals surface area contributed by atoms with Crippen LogP contribution in [-0.2, 0) is 16.1 Å². The van der Waals surface area contributed by atoms with Crippen LogP contribution < -0.4 is 11.1 Å². The zero-order chi connectivity index (χ0) is 13.4. The molecule has 0 saturated carbocycles. The Morgan fingerprint density at radius 3 is 2.89 bits per heavy atom. The fourth-order valence-electron chi connectivity index (χ4n) is 1.61. The maximum Gasteiger partial charge on any atom is 0.224 e. The van der Waals surface area contributed by atoms with E-state index in [1.807, 2.05) is 18.2 Å². The Balaban J connectivity index is 2.65. The van der Waals surface area contributed by atoms with Crippen LogP contribution in [0.25, 0.3) is 0 Å². The monoisotopic (exact) mass is 314 g/mol. The van der Waals surface area contributed by atoms with Crippen molar-refractivity contribution in [3.05, 3.63) is 28.2 Å². The summed E-state index contributed by atoms with van der Waals surface area (Å²) in [7, 11) is 1.63. The Hall–Kier alpha value is -0.910. The second-order valence-corrected chi connectivity index (χ2v) is 4.85. The first-order chi connectivity index (χ1) is 8.69. The number of halogens is 1. The van der Waals surface area contributed by atoms with Gasteiger partial charge >= 0.3 is 0 Å². The number of ether oxygens (including phenoxy) is 1. The lowest BCUT2D eigenvalue weighted by Crippen LogP contribution is -2.13. The Labute approximate surface area is 116 Å². The summed E-state index contributed by atoms with van der Waals surface area (Å²) in [4.78, 5) is 11.7. The highest BCUT2D eigenvalue weighted by Gasteiger charge is 2.09. The Morgan fingerprint density at radius 1 is 1.44 bits per heavy atom. The van der Waals surface area contributed by atoms with Crippen LogP contribution in [0.15, 0.2) is 22.7 Å². The third-order valence-corrected chi connectivity index (χ3v) is 3.28. The molecular weight excluding hydrogens is 296 g/mol. The summed E-state index contributed by atoms with van der Waals surface area (Å²) < 4.78 is 6.07. The molecule has 5 heteroatoms. The zero-order valence-corrected chi connectivity index (χ0v) is 12.1. The van der Waals surface area contributed by atoms with Gasteiger partial charge in [-0.05, 0) is 31.5 Å². The fourth-order valence-corrected chi connectivity index (χ4v) is 2.09. The first-order valence-corrected chi connectivity index (χ1v) is 6.74. The molecule has 0 radical (unpaired) electrons. The third-order valence-electron chi connectivity index (χ3n) is 2.54. The number of nitrogens with two attached hydrogens (primary N) is 1. The number of unbranched alkanes of at least 4 members (excludes halogenated alkanes) is 1. The van der Waals surface area contributed by atoms with Crippen molar-refractivity contribution in [2.24, 2.45) is 5.73 Å². The molecule has 0 fully saturated rings. The molecule has 0 aromatic heterocycles. The van der Waals surface area contributed by atoms with Gasteiger partial charge in [-0.3, -0.25) is 4.79 Å². The first kappa shape index (κ1) is 15.1. The van der Waals surface area contributed by atoms with Crippen LogP contribution in [0, 0.1) is 0 Å². The fraction of sp³-hybridized carbons (Fsp3) is 0.462. The van der Waals surface area contributed by atoms with Crippen molar-refractivity contribution < 1.29 is 9.53 Å². The average Bonchev–Trinajstić information content (AvgIpc) is 2.34. The number of methoxy groups -OCH3 is 1. The number of nitrogens with one attached hydrogen (secondary N) is 1. The van der Waals surface area contributed by atoms with Gasteiger partial charge in [-0.1, -0.05) is 22.0 Å². The zero-order valence-electron chi connectivity index (χ0n) is 10.5. The molecule has 1 rings (SSSR count). The Kier molecular flexibility index (Phi) is 6.93. The van der Waals surface area contributed by atoms with E-state index >= 15 is 0 Å². The number of carbonyl (C=O) groups is 1. The van der Waals surface area contributed by atoms with Gasteiger partial charge in [0.25, 0.3) is 0 Å². The second kappa shape index (κ2) is 8.24. The molecule has 0 aliphatic rings. The van der Waals surface area contributed by atoms with E-state index in [4.69, 9.17) is 10.5 Å². The van der Waals surface area contributed by atoms with Crippen molar-refractivity contribution in [2.45, 2.75) is 25.9 Å². The van der Waals surface area contributed by atoms with Crippen molar-refractivity contribution in [1.29, 1.82) is 0 Å². The van der Waals surface area contributed by atoms with Gasteiger partial charge in [0.15, 0.2) is 0 Å². The van der Waals surface area contributed by atoms with Crippen molar-refractivity contribution in [3.63, 3.8) is 0 Å². The average molecular weight is 315 g/mol. The molecule has 0 aliphatic heterocycles. The van der Waals surface area contributed by atoms with Crippen LogP contribution in [0.3, 0.4) is 0 Å². The highest BCUT2D eigenvalue weighted by molar-refractivity contribution is 9.10. The molecule has 4 nitrogen and oxygen atoms in total. The van der Waals surface area contributed by atoms with Crippen molar-refractivity contribution in [2.75, 3.05) is 19.0 Å². The molecule has 1 aromatic rings. The molecule has 0 aliphatic carbocycles. The van der Waals surface area contributed by atoms with Crippen molar-refractivity contribution >= 4 is 27.5 Å². The highest BCUT2D eigenvalue weighted by Crippen LogP contribution is 2.25. The van der Waals surface area contributed by atoms with E-state index in [-0.39, 0.29) is 5.91 Å². The third kappa shape index (κ3) is 4.76. The topological polar surface area (TPSA) is 64.3 Å². The van der Waals surface area contributed by atoms with Crippen LogP contribution in [0.1, 0.15) is 24.8 Å². The van der Waals surface area contributed by atoms with E-state index in [0.717, 1.165) is 28.6 Å². The highest BCUT2D eigenvalue weighted by atomic mass is 79.9. The number of amides is 1. The first-order valence-electron chi connectivity index (χ1n) is 5.95. The number of rotatable bonds is 7. The Morgan fingerprint density at radius 2 is 2.22 bits per heavy atom. The molecule has 0 unspecified atom stereocenters. The van der Waals surface area contributed by atoms with Crippen LogP contribution in [0.2, 0.25) is 0 Å². The summed E-state index contributed by atoms with van der Waals surface area (Å²) in [6.07, 6.45) is 2.18. The summed E-state index contributed by atoms with van der Waals surface area (Å²) >= 11 is 3.45. The molecule has 3 N–H and O–H groups in total. The number of benzene rings is 1. The van der Waals surface area contributed by atoms with Gasteiger partial charge in [0, 0.05) is 29.3 Å². The number of carbonyl (C=O) groups excluding carboxylic acids is 1. The van der Waals surface area contributed by atoms with Crippen molar-refractivity contribution in [3.8, 4) is 0 Å². The summed E-state index contributed by atoms with van der Waals surface area (Å²) in [5.41, 5.74) is 7.14. The second-order valence-electron chi connectivity index (χ2n) is 3.99. The number of hydrogen-bond donors (Lipinski definition) is 2. The number of hydrogen-bond acceptors (Lipinski definition) is 3. The summed E-state index contributed by atoms with van der Waals surface area (Å²) in [5.74, 6) is 0.0129. The maximum absolute atomic E-state index is 11.7. The van der Waals surface area contributed by atoms with Gasteiger partial charge in [0.2, 0.25) is 5.91 Å². The van der Waals surface area contributed by atoms with Gasteiger partial charge < -0.3 is 15.8 Å². The van der Waals surface area contributed by atoms with Gasteiger partial charge in [-0.15, -0.1) is 0 Å². The predicted molar refractivity (Wildman–Crippen MR) is 76.4 cm³/mol. The van der Waals surface area contributed by atoms with E-state index in [1.54, 1.807) is 7.11 Å². The lowest BCUT2D eigenvalue weighted by Gasteiger charge is -2.12. The van der Waals surface area contributed by atoms with Gasteiger partial charge in [0.1, 0.15) is 0 Å². The van der Waals surface area contributed by atoms with Crippen molar-refractivity contribution in [1.82, 2.24) is 0 Å². The van der Waals surface area contributed by atoms with Gasteiger partial charge in [0.05, 0.1) is 6.61 Å². The normalized spacial score (nSPS) is 10.4. The van der Waals surface area contributed by atoms with Crippen LogP contribution in [-0.4, -0.2) is 19.6 Å². The molecule has 1 amide bonds. The quantitative estimate of drug-likeness (QED) is 0.760. The van der Waals surface area contributed by atoms with E-state index in [2.05, 4.69) is 21.2 Å². The lowest BCUT2D eigenvalue weighted by atomic mass is 10.1. The smallest absolute Gasteiger partial charge is 0.224 e. The molecule has 18 heavy (non-hydrogen) atoms. The van der Waals surface area contributed by atoms with Gasteiger partial charge in [-0.2, -0.15) is 0 Å². The van der Waals surface area contributed by atoms with E-state index < -0.39 is 0 Å². The molecule has 0 spiro atoms. The Bertz CT molecular complexity index is 397. The molecular formula is C13H19BrN2O2. The molecule has 1 aromatic carbocycles. The summed E-state index contributed by atoms with van der Waals surface area (Å²) in [6, 6.07) is 5.69. The minimum absolute atomic E-state index is 0.0129. The maximum atomic E-state index is 11.7. The minimum atomic E-state index is 0.0129. The van der Waals surface area contributed by atoms with E-state index in [1.165, 1.54) is 0 Å². The van der Waals surface area contributed by atoms with Gasteiger partial charge in [-0.25, -0.2) is 0 Å². The summed E-state index contributed by atoms with van der Waals surface area (Å²) in [6.45, 7) is 1.08. The molecule has 0 heterocycles. The molecule has 100 valence electrons. The molecule has 0 saturated heterocycles.